The van der Waals surface area contributed by atoms with E-state index >= 15 is 0 Å². The summed E-state index contributed by atoms with van der Waals surface area (Å²) >= 11 is 3.77. The zero-order valence-corrected chi connectivity index (χ0v) is 12.7. The average molecular weight is 297 g/mol. The third kappa shape index (κ3) is 3.17. The number of thioether (sulfide) groups is 2. The number of nitrogens with zero attached hydrogens (tertiary/aromatic N) is 2. The van der Waals surface area contributed by atoms with Crippen molar-refractivity contribution in [3.8, 4) is 0 Å². The molecule has 1 aromatic heterocycles. The number of nitrogen functional groups attached to an aromatic ring is 1. The largest absolute Gasteiger partial charge is 0.384 e. The van der Waals surface area contributed by atoms with Gasteiger partial charge >= 0.3 is 0 Å². The van der Waals surface area contributed by atoms with E-state index in [0.717, 1.165) is 36.1 Å². The molecule has 19 heavy (non-hydrogen) atoms. The maximum absolute atomic E-state index is 6.04. The molecule has 4 nitrogen and oxygen atoms in total. The number of aromatic nitrogens is 2. The molecule has 3 rings (SSSR count). The highest BCUT2D eigenvalue weighted by Gasteiger charge is 2.40. The molecule has 2 aliphatic heterocycles. The molecule has 0 saturated carbocycles. The third-order valence-corrected chi connectivity index (χ3v) is 5.99. The summed E-state index contributed by atoms with van der Waals surface area (Å²) in [6, 6.07) is 1.81. The van der Waals surface area contributed by atoms with Gasteiger partial charge in [-0.25, -0.2) is 9.97 Å². The molecular weight excluding hydrogens is 278 g/mol. The molecule has 6 heteroatoms. The summed E-state index contributed by atoms with van der Waals surface area (Å²) in [4.78, 5) is 8.80. The van der Waals surface area contributed by atoms with Crippen molar-refractivity contribution in [2.75, 3.05) is 23.8 Å². The van der Waals surface area contributed by atoms with E-state index in [-0.39, 0.29) is 5.60 Å². The Morgan fingerprint density at radius 1 is 1.53 bits per heavy atom. The van der Waals surface area contributed by atoms with E-state index in [9.17, 15) is 0 Å². The molecule has 2 saturated heterocycles. The molecule has 1 spiro atoms. The first kappa shape index (κ1) is 13.5. The van der Waals surface area contributed by atoms with E-state index in [0.29, 0.717) is 11.1 Å². The number of hydrogen-bond donors (Lipinski definition) is 1. The molecule has 1 aromatic rings. The average Bonchev–Trinajstić information content (AvgIpc) is 2.76. The van der Waals surface area contributed by atoms with E-state index in [1.54, 1.807) is 11.8 Å². The van der Waals surface area contributed by atoms with Crippen molar-refractivity contribution in [3.63, 3.8) is 0 Å². The predicted octanol–water partition coefficient (Wildman–Crippen LogP) is 2.51. The van der Waals surface area contributed by atoms with Crippen LogP contribution in [0.25, 0.3) is 0 Å². The van der Waals surface area contributed by atoms with E-state index in [4.69, 9.17) is 10.5 Å². The minimum absolute atomic E-state index is 0.121. The molecule has 2 aliphatic rings. The number of hydrogen-bond acceptors (Lipinski definition) is 6. The Morgan fingerprint density at radius 2 is 2.42 bits per heavy atom. The maximum Gasteiger partial charge on any atom is 0.189 e. The molecule has 104 valence electrons. The minimum Gasteiger partial charge on any atom is -0.384 e. The number of nitrogens with two attached hydrogens (primary N) is 1. The van der Waals surface area contributed by atoms with Crippen LogP contribution in [0.15, 0.2) is 11.2 Å². The molecule has 2 N–H and O–H groups in total. The lowest BCUT2D eigenvalue weighted by atomic mass is 9.93. The summed E-state index contributed by atoms with van der Waals surface area (Å²) in [6.45, 7) is 2.82. The molecule has 0 amide bonds. The van der Waals surface area contributed by atoms with Crippen LogP contribution in [-0.2, 0) is 4.74 Å². The highest BCUT2D eigenvalue weighted by atomic mass is 32.2. The Bertz CT molecular complexity index is 443. The molecule has 2 unspecified atom stereocenters. The van der Waals surface area contributed by atoms with Crippen LogP contribution in [0.1, 0.15) is 25.0 Å². The smallest absolute Gasteiger partial charge is 0.189 e. The Kier molecular flexibility index (Phi) is 3.91. The quantitative estimate of drug-likeness (QED) is 0.846. The van der Waals surface area contributed by atoms with Crippen molar-refractivity contribution in [2.24, 2.45) is 0 Å². The number of aryl methyl sites for hydroxylation is 1. The van der Waals surface area contributed by atoms with Crippen molar-refractivity contribution < 1.29 is 4.74 Å². The Labute approximate surface area is 122 Å². The maximum atomic E-state index is 6.04. The Hall–Kier alpha value is -0.460. The Morgan fingerprint density at radius 3 is 3.16 bits per heavy atom. The summed E-state index contributed by atoms with van der Waals surface area (Å²) in [5, 5.41) is 1.36. The van der Waals surface area contributed by atoms with Gasteiger partial charge in [-0.05, 0) is 31.9 Å². The second-order valence-corrected chi connectivity index (χ2v) is 7.66. The summed E-state index contributed by atoms with van der Waals surface area (Å²) in [7, 11) is 0. The van der Waals surface area contributed by atoms with Crippen LogP contribution >= 0.6 is 23.5 Å². The second kappa shape index (κ2) is 5.50. The van der Waals surface area contributed by atoms with Crippen LogP contribution in [0.4, 0.5) is 5.82 Å². The lowest BCUT2D eigenvalue weighted by Gasteiger charge is -2.37. The normalized spacial score (nSPS) is 30.9. The van der Waals surface area contributed by atoms with Crippen molar-refractivity contribution in [3.05, 3.63) is 11.8 Å². The molecule has 2 fully saturated rings. The topological polar surface area (TPSA) is 61.0 Å². The standard InChI is InChI=1S/C13H19N3OS2/c1-9-6-11(14)16-12(15-9)19-10-2-4-17-13(7-10)3-5-18-8-13/h6,10H,2-5,7-8H2,1H3,(H2,14,15,16). The highest BCUT2D eigenvalue weighted by molar-refractivity contribution is 8.00. The van der Waals surface area contributed by atoms with Gasteiger partial charge in [-0.15, -0.1) is 0 Å². The van der Waals surface area contributed by atoms with E-state index < -0.39 is 0 Å². The van der Waals surface area contributed by atoms with Crippen molar-refractivity contribution in [1.82, 2.24) is 9.97 Å². The highest BCUT2D eigenvalue weighted by Crippen LogP contribution is 2.42. The SMILES string of the molecule is Cc1cc(N)nc(SC2CCOC3(CCSC3)C2)n1. The molecule has 0 aromatic carbocycles. The predicted molar refractivity (Wildman–Crippen MR) is 80.7 cm³/mol. The van der Waals surface area contributed by atoms with E-state index in [2.05, 4.69) is 9.97 Å². The van der Waals surface area contributed by atoms with Gasteiger partial charge in [-0.3, -0.25) is 0 Å². The third-order valence-electron chi connectivity index (χ3n) is 3.64. The second-order valence-electron chi connectivity index (χ2n) is 5.28. The van der Waals surface area contributed by atoms with E-state index in [1.165, 1.54) is 12.2 Å². The first-order valence-corrected chi connectivity index (χ1v) is 8.68. The number of ether oxygens (including phenoxy) is 1. The number of rotatable bonds is 2. The van der Waals surface area contributed by atoms with Gasteiger partial charge in [0.25, 0.3) is 0 Å². The summed E-state index contributed by atoms with van der Waals surface area (Å²) in [5.41, 5.74) is 6.85. The van der Waals surface area contributed by atoms with E-state index in [1.807, 2.05) is 24.8 Å². The first-order valence-electron chi connectivity index (χ1n) is 6.65. The van der Waals surface area contributed by atoms with Crippen LogP contribution in [0.2, 0.25) is 0 Å². The lowest BCUT2D eigenvalue weighted by molar-refractivity contribution is -0.0562. The zero-order valence-electron chi connectivity index (χ0n) is 11.1. The fourth-order valence-electron chi connectivity index (χ4n) is 2.71. The van der Waals surface area contributed by atoms with Crippen molar-refractivity contribution in [2.45, 2.75) is 42.2 Å². The molecule has 0 radical (unpaired) electrons. The summed E-state index contributed by atoms with van der Waals surface area (Å²) in [5.74, 6) is 2.93. The molecule has 0 bridgehead atoms. The lowest BCUT2D eigenvalue weighted by Crippen LogP contribution is -2.41. The minimum atomic E-state index is 0.121. The van der Waals surface area contributed by atoms with Gasteiger partial charge in [0, 0.05) is 29.4 Å². The van der Waals surface area contributed by atoms with Gasteiger partial charge in [0.05, 0.1) is 5.60 Å². The molecular formula is C13H19N3OS2. The first-order chi connectivity index (χ1) is 9.15. The van der Waals surface area contributed by atoms with Crippen LogP contribution in [0.5, 0.6) is 0 Å². The fraction of sp³-hybridized carbons (Fsp3) is 0.692. The summed E-state index contributed by atoms with van der Waals surface area (Å²) in [6.07, 6.45) is 3.38. The monoisotopic (exact) mass is 297 g/mol. The van der Waals surface area contributed by atoms with Crippen LogP contribution in [-0.4, -0.2) is 38.9 Å². The van der Waals surface area contributed by atoms with Crippen LogP contribution in [0, 0.1) is 6.92 Å². The molecule has 2 atom stereocenters. The zero-order chi connectivity index (χ0) is 13.3. The van der Waals surface area contributed by atoms with Gasteiger partial charge in [0.15, 0.2) is 5.16 Å². The van der Waals surface area contributed by atoms with Gasteiger partial charge in [-0.2, -0.15) is 11.8 Å². The van der Waals surface area contributed by atoms with Gasteiger partial charge in [0.2, 0.25) is 0 Å². The van der Waals surface area contributed by atoms with Gasteiger partial charge in [0.1, 0.15) is 5.82 Å². The Balaban J connectivity index is 1.69. The van der Waals surface area contributed by atoms with Crippen LogP contribution < -0.4 is 5.73 Å². The van der Waals surface area contributed by atoms with Crippen molar-refractivity contribution >= 4 is 29.3 Å². The fourth-order valence-corrected chi connectivity index (χ4v) is 5.35. The van der Waals surface area contributed by atoms with Gasteiger partial charge < -0.3 is 10.5 Å². The van der Waals surface area contributed by atoms with Gasteiger partial charge in [-0.1, -0.05) is 11.8 Å². The van der Waals surface area contributed by atoms with Crippen molar-refractivity contribution in [1.29, 1.82) is 0 Å². The number of anilines is 1. The van der Waals surface area contributed by atoms with Crippen LogP contribution in [0.3, 0.4) is 0 Å². The molecule has 0 aliphatic carbocycles. The summed E-state index contributed by atoms with van der Waals surface area (Å²) < 4.78 is 6.04. The molecule has 3 heterocycles.